The molecule has 0 N–H and O–H groups in total. The summed E-state index contributed by atoms with van der Waals surface area (Å²) in [5.74, 6) is 6.35. The largest absolute Gasteiger partial charge is 0.295 e. The van der Waals surface area contributed by atoms with Crippen LogP contribution in [-0.2, 0) is 9.59 Å². The van der Waals surface area contributed by atoms with E-state index in [1.165, 1.54) is 0 Å². The highest BCUT2D eigenvalue weighted by Gasteiger charge is 2.26. The molecule has 0 heterocycles. The van der Waals surface area contributed by atoms with E-state index in [-0.39, 0.29) is 17.5 Å². The molecule has 2 nitrogen and oxygen atoms in total. The van der Waals surface area contributed by atoms with Gasteiger partial charge in [-0.15, -0.1) is 0 Å². The van der Waals surface area contributed by atoms with Gasteiger partial charge in [-0.3, -0.25) is 9.59 Å². The molecule has 0 amide bonds. The van der Waals surface area contributed by atoms with Gasteiger partial charge in [0.1, 0.15) is 0 Å². The number of hydrogen-bond acceptors (Lipinski definition) is 2. The number of carbonyl (C=O) groups excluding carboxylic acids is 2. The standard InChI is InChI=1S/C16H22O2/c1-5-6-15(18)9-12(3)14-8-7-11(2)16(10-14)13(4)17/h10-12,14H,7-9H2,1-4H3/t11-,12-,14-/m0/s1. The first kappa shape index (κ1) is 14.7. The van der Waals surface area contributed by atoms with Crippen molar-refractivity contribution in [2.24, 2.45) is 17.8 Å². The van der Waals surface area contributed by atoms with Gasteiger partial charge in [-0.25, -0.2) is 0 Å². The van der Waals surface area contributed by atoms with Crippen molar-refractivity contribution in [1.82, 2.24) is 0 Å². The van der Waals surface area contributed by atoms with Crippen molar-refractivity contribution in [3.8, 4) is 11.8 Å². The van der Waals surface area contributed by atoms with Crippen LogP contribution in [0.5, 0.6) is 0 Å². The Kier molecular flexibility index (Phi) is 5.34. The van der Waals surface area contributed by atoms with E-state index >= 15 is 0 Å². The zero-order valence-corrected chi connectivity index (χ0v) is 11.7. The number of rotatable bonds is 4. The summed E-state index contributed by atoms with van der Waals surface area (Å²) < 4.78 is 0. The van der Waals surface area contributed by atoms with Crippen LogP contribution >= 0.6 is 0 Å². The highest BCUT2D eigenvalue weighted by Crippen LogP contribution is 2.33. The average molecular weight is 246 g/mol. The normalized spacial score (nSPS) is 24.6. The lowest BCUT2D eigenvalue weighted by Crippen LogP contribution is -2.22. The first-order valence-electron chi connectivity index (χ1n) is 6.64. The van der Waals surface area contributed by atoms with Crippen molar-refractivity contribution >= 4 is 11.6 Å². The van der Waals surface area contributed by atoms with Crippen molar-refractivity contribution in [3.05, 3.63) is 11.6 Å². The van der Waals surface area contributed by atoms with E-state index in [0.717, 1.165) is 18.4 Å². The van der Waals surface area contributed by atoms with Crippen molar-refractivity contribution in [3.63, 3.8) is 0 Å². The van der Waals surface area contributed by atoms with E-state index in [1.54, 1.807) is 13.8 Å². The Labute approximate surface area is 110 Å². The van der Waals surface area contributed by atoms with Crippen LogP contribution in [0.2, 0.25) is 0 Å². The van der Waals surface area contributed by atoms with Gasteiger partial charge in [-0.2, -0.15) is 0 Å². The van der Waals surface area contributed by atoms with E-state index < -0.39 is 0 Å². The molecule has 98 valence electrons. The lowest BCUT2D eigenvalue weighted by atomic mass is 9.76. The van der Waals surface area contributed by atoms with Crippen LogP contribution in [0.1, 0.15) is 47.0 Å². The van der Waals surface area contributed by atoms with E-state index in [2.05, 4.69) is 31.8 Å². The molecule has 1 aliphatic rings. The molecule has 0 aromatic carbocycles. The molecule has 0 spiro atoms. The number of ketones is 2. The molecule has 0 unspecified atom stereocenters. The Morgan fingerprint density at radius 2 is 2.11 bits per heavy atom. The molecular formula is C16H22O2. The van der Waals surface area contributed by atoms with Gasteiger partial charge in [0, 0.05) is 6.42 Å². The van der Waals surface area contributed by atoms with Gasteiger partial charge >= 0.3 is 0 Å². The fraction of sp³-hybridized carbons (Fsp3) is 0.625. The van der Waals surface area contributed by atoms with Crippen LogP contribution in [0.4, 0.5) is 0 Å². The van der Waals surface area contributed by atoms with Gasteiger partial charge in [0.2, 0.25) is 5.78 Å². The highest BCUT2D eigenvalue weighted by molar-refractivity contribution is 5.95. The molecule has 0 aromatic rings. The van der Waals surface area contributed by atoms with Crippen LogP contribution in [0, 0.1) is 29.6 Å². The van der Waals surface area contributed by atoms with Gasteiger partial charge in [-0.1, -0.05) is 25.8 Å². The van der Waals surface area contributed by atoms with Gasteiger partial charge in [0.15, 0.2) is 5.78 Å². The minimum absolute atomic E-state index is 0.00129. The first-order chi connectivity index (χ1) is 8.45. The molecule has 1 aliphatic carbocycles. The fourth-order valence-corrected chi connectivity index (χ4v) is 2.62. The molecular weight excluding hydrogens is 224 g/mol. The zero-order chi connectivity index (χ0) is 13.7. The van der Waals surface area contributed by atoms with Gasteiger partial charge in [0.25, 0.3) is 0 Å². The summed E-state index contributed by atoms with van der Waals surface area (Å²) in [5.41, 5.74) is 0.937. The Morgan fingerprint density at radius 3 is 2.67 bits per heavy atom. The predicted molar refractivity (Wildman–Crippen MR) is 72.9 cm³/mol. The second-order valence-electron chi connectivity index (χ2n) is 5.30. The summed E-state index contributed by atoms with van der Waals surface area (Å²) in [4.78, 5) is 23.1. The minimum Gasteiger partial charge on any atom is -0.295 e. The van der Waals surface area contributed by atoms with Crippen LogP contribution < -0.4 is 0 Å². The highest BCUT2D eigenvalue weighted by atomic mass is 16.1. The topological polar surface area (TPSA) is 34.1 Å². The Bertz CT molecular complexity index is 420. The third-order valence-corrected chi connectivity index (χ3v) is 3.77. The number of Topliss-reactive ketones (excluding diaryl/α,β-unsaturated/α-hetero) is 2. The van der Waals surface area contributed by atoms with Crippen LogP contribution in [0.15, 0.2) is 11.6 Å². The lowest BCUT2D eigenvalue weighted by molar-refractivity contribution is -0.115. The fourth-order valence-electron chi connectivity index (χ4n) is 2.62. The average Bonchev–Trinajstić information content (AvgIpc) is 2.29. The third kappa shape index (κ3) is 3.84. The lowest BCUT2D eigenvalue weighted by Gasteiger charge is -2.28. The maximum Gasteiger partial charge on any atom is 0.205 e. The summed E-state index contributed by atoms with van der Waals surface area (Å²) >= 11 is 0. The SMILES string of the molecule is CC#CC(=O)C[C@H](C)[C@@H]1C=C(C(C)=O)[C@@H](C)CC1. The number of hydrogen-bond donors (Lipinski definition) is 0. The molecule has 0 bridgehead atoms. The van der Waals surface area contributed by atoms with Gasteiger partial charge in [0.05, 0.1) is 0 Å². The second kappa shape index (κ2) is 6.54. The molecule has 0 aliphatic heterocycles. The molecule has 2 heteroatoms. The Morgan fingerprint density at radius 1 is 1.44 bits per heavy atom. The van der Waals surface area contributed by atoms with Crippen LogP contribution in [0.25, 0.3) is 0 Å². The molecule has 0 aromatic heterocycles. The number of allylic oxidation sites excluding steroid dienone is 2. The number of carbonyl (C=O) groups is 2. The quantitative estimate of drug-likeness (QED) is 0.564. The smallest absolute Gasteiger partial charge is 0.205 e. The summed E-state index contributed by atoms with van der Waals surface area (Å²) in [6.07, 6.45) is 4.68. The van der Waals surface area contributed by atoms with E-state index in [4.69, 9.17) is 0 Å². The minimum atomic E-state index is 0.00129. The zero-order valence-electron chi connectivity index (χ0n) is 11.7. The first-order valence-corrected chi connectivity index (χ1v) is 6.64. The van der Waals surface area contributed by atoms with E-state index in [9.17, 15) is 9.59 Å². The van der Waals surface area contributed by atoms with Crippen molar-refractivity contribution in [2.45, 2.75) is 47.0 Å². The maximum atomic E-state index is 11.5. The molecule has 0 fully saturated rings. The molecule has 18 heavy (non-hydrogen) atoms. The Balaban J connectivity index is 2.74. The monoisotopic (exact) mass is 246 g/mol. The molecule has 0 saturated carbocycles. The third-order valence-electron chi connectivity index (χ3n) is 3.77. The summed E-state index contributed by atoms with van der Waals surface area (Å²) in [5, 5.41) is 0. The van der Waals surface area contributed by atoms with Gasteiger partial charge in [-0.05, 0) is 55.9 Å². The van der Waals surface area contributed by atoms with Crippen molar-refractivity contribution in [2.75, 3.05) is 0 Å². The summed E-state index contributed by atoms with van der Waals surface area (Å²) in [6.45, 7) is 7.48. The van der Waals surface area contributed by atoms with Crippen molar-refractivity contribution < 1.29 is 9.59 Å². The molecule has 1 rings (SSSR count). The summed E-state index contributed by atoms with van der Waals surface area (Å²) in [7, 11) is 0. The van der Waals surface area contributed by atoms with Crippen molar-refractivity contribution in [1.29, 1.82) is 0 Å². The molecule has 0 radical (unpaired) electrons. The maximum absolute atomic E-state index is 11.5. The van der Waals surface area contributed by atoms with Gasteiger partial charge < -0.3 is 0 Å². The van der Waals surface area contributed by atoms with E-state index in [0.29, 0.717) is 18.3 Å². The predicted octanol–water partition coefficient (Wildman–Crippen LogP) is 3.17. The van der Waals surface area contributed by atoms with Crippen LogP contribution in [0.3, 0.4) is 0 Å². The van der Waals surface area contributed by atoms with E-state index in [1.807, 2.05) is 0 Å². The Hall–Kier alpha value is -1.36. The summed E-state index contributed by atoms with van der Waals surface area (Å²) in [6, 6.07) is 0. The molecule has 0 saturated heterocycles. The molecule has 3 atom stereocenters. The van der Waals surface area contributed by atoms with Crippen LogP contribution in [-0.4, -0.2) is 11.6 Å². The second-order valence-corrected chi connectivity index (χ2v) is 5.30.